The van der Waals surface area contributed by atoms with Gasteiger partial charge in [-0.05, 0) is 19.1 Å². The number of nitrogens with one attached hydrogen (secondary N) is 1. The molecule has 6 nitrogen and oxygen atoms in total. The van der Waals surface area contributed by atoms with E-state index in [1.165, 1.54) is 29.7 Å². The van der Waals surface area contributed by atoms with Gasteiger partial charge in [0.05, 0.1) is 29.9 Å². The molecule has 1 aliphatic rings. The van der Waals surface area contributed by atoms with E-state index < -0.39 is 10.0 Å². The molecule has 1 aromatic rings. The molecule has 8 heteroatoms. The van der Waals surface area contributed by atoms with E-state index in [0.29, 0.717) is 18.1 Å². The van der Waals surface area contributed by atoms with E-state index in [1.54, 1.807) is 6.07 Å². The van der Waals surface area contributed by atoms with Crippen molar-refractivity contribution in [3.63, 3.8) is 0 Å². The highest BCUT2D eigenvalue weighted by atomic mass is 32.2. The molecule has 0 aromatic carbocycles. The molecular formula is C13H20N2O4S2. The van der Waals surface area contributed by atoms with E-state index >= 15 is 0 Å². The first kappa shape index (κ1) is 16.4. The van der Waals surface area contributed by atoms with Gasteiger partial charge in [-0.3, -0.25) is 4.79 Å². The summed E-state index contributed by atoms with van der Waals surface area (Å²) in [5.41, 5.74) is 0. The molecule has 1 aromatic heterocycles. The van der Waals surface area contributed by atoms with Crippen molar-refractivity contribution in [3.05, 3.63) is 21.9 Å². The third-order valence-corrected chi connectivity index (χ3v) is 6.42. The monoisotopic (exact) mass is 332 g/mol. The predicted octanol–water partition coefficient (Wildman–Crippen LogP) is 0.693. The average molecular weight is 332 g/mol. The lowest BCUT2D eigenvalue weighted by Crippen LogP contribution is -2.43. The molecule has 2 unspecified atom stereocenters. The Bertz CT molecular complexity index is 609. The van der Waals surface area contributed by atoms with Crippen molar-refractivity contribution >= 4 is 27.3 Å². The van der Waals surface area contributed by atoms with Crippen LogP contribution in [0.25, 0.3) is 0 Å². The van der Waals surface area contributed by atoms with Crippen molar-refractivity contribution in [3.8, 4) is 0 Å². The van der Waals surface area contributed by atoms with E-state index in [1.807, 2.05) is 13.0 Å². The molecule has 2 atom stereocenters. The Morgan fingerprint density at radius 1 is 1.43 bits per heavy atom. The molecule has 1 fully saturated rings. The van der Waals surface area contributed by atoms with Crippen molar-refractivity contribution in [2.75, 3.05) is 33.1 Å². The van der Waals surface area contributed by atoms with Crippen LogP contribution >= 0.6 is 11.3 Å². The Hall–Kier alpha value is -0.960. The lowest BCUT2D eigenvalue weighted by Gasteiger charge is -2.20. The minimum Gasteiger partial charge on any atom is -0.379 e. The van der Waals surface area contributed by atoms with Crippen LogP contribution in [0.4, 0.5) is 0 Å². The number of amides is 1. The van der Waals surface area contributed by atoms with E-state index in [0.717, 1.165) is 4.88 Å². The van der Waals surface area contributed by atoms with Crippen molar-refractivity contribution in [2.45, 2.75) is 13.0 Å². The summed E-state index contributed by atoms with van der Waals surface area (Å²) in [4.78, 5) is 13.8. The third-order valence-electron chi connectivity index (χ3n) is 3.46. The topological polar surface area (TPSA) is 75.7 Å². The van der Waals surface area contributed by atoms with Crippen molar-refractivity contribution in [1.82, 2.24) is 9.62 Å². The molecule has 1 N–H and O–H groups in total. The number of sulfonamides is 1. The Balaban J connectivity index is 2.01. The number of ether oxygens (including phenoxy) is 1. The molecule has 0 radical (unpaired) electrons. The number of hydrogen-bond donors (Lipinski definition) is 1. The summed E-state index contributed by atoms with van der Waals surface area (Å²) in [6.45, 7) is 2.64. The molecule has 2 rings (SSSR count). The van der Waals surface area contributed by atoms with Crippen molar-refractivity contribution < 1.29 is 17.9 Å². The van der Waals surface area contributed by atoms with Gasteiger partial charge in [0.25, 0.3) is 5.91 Å². The van der Waals surface area contributed by atoms with Gasteiger partial charge in [-0.1, -0.05) is 0 Å². The summed E-state index contributed by atoms with van der Waals surface area (Å²) in [6, 6.07) is 3.39. The normalized spacial score (nSPS) is 22.7. The second-order valence-corrected chi connectivity index (χ2v) is 8.86. The summed E-state index contributed by atoms with van der Waals surface area (Å²) in [5, 5.41) is 2.88. The SMILES string of the molecule is Cc1ccc(C(=O)NC2COCC2CS(=O)(=O)N(C)C)s1. The number of hydrogen-bond acceptors (Lipinski definition) is 5. The molecular weight excluding hydrogens is 312 g/mol. The number of rotatable bonds is 5. The van der Waals surface area contributed by atoms with Gasteiger partial charge < -0.3 is 10.1 Å². The van der Waals surface area contributed by atoms with Gasteiger partial charge in [0, 0.05) is 24.9 Å². The zero-order chi connectivity index (χ0) is 15.6. The van der Waals surface area contributed by atoms with Crippen molar-refractivity contribution in [1.29, 1.82) is 0 Å². The molecule has 0 saturated carbocycles. The maximum Gasteiger partial charge on any atom is 0.261 e. The van der Waals surface area contributed by atoms with Crippen LogP contribution in [0.15, 0.2) is 12.1 Å². The zero-order valence-electron chi connectivity index (χ0n) is 12.3. The number of aryl methyl sites for hydroxylation is 1. The maximum atomic E-state index is 12.1. The van der Waals surface area contributed by atoms with Crippen LogP contribution in [-0.2, 0) is 14.8 Å². The first-order valence-corrected chi connectivity index (χ1v) is 9.07. The Labute approximate surface area is 129 Å². The molecule has 2 heterocycles. The molecule has 1 aliphatic heterocycles. The van der Waals surface area contributed by atoms with Crippen LogP contribution in [0.3, 0.4) is 0 Å². The van der Waals surface area contributed by atoms with Gasteiger partial charge in [0.15, 0.2) is 0 Å². The van der Waals surface area contributed by atoms with Gasteiger partial charge in [-0.25, -0.2) is 12.7 Å². The fourth-order valence-electron chi connectivity index (χ4n) is 2.14. The van der Waals surface area contributed by atoms with Crippen LogP contribution in [0.5, 0.6) is 0 Å². The molecule has 1 amide bonds. The van der Waals surface area contributed by atoms with Crippen LogP contribution in [0.1, 0.15) is 14.5 Å². The standard InChI is InChI=1S/C13H20N2O4S2/c1-9-4-5-12(20-9)13(16)14-11-7-19-6-10(11)8-21(17,18)15(2)3/h4-5,10-11H,6-8H2,1-3H3,(H,14,16). The second kappa shape index (κ2) is 6.43. The van der Waals surface area contributed by atoms with Crippen LogP contribution in [0, 0.1) is 12.8 Å². The quantitative estimate of drug-likeness (QED) is 0.861. The second-order valence-electron chi connectivity index (χ2n) is 5.35. The van der Waals surface area contributed by atoms with Gasteiger partial charge in [-0.15, -0.1) is 11.3 Å². The number of carbonyl (C=O) groups excluding carboxylic acids is 1. The molecule has 1 saturated heterocycles. The maximum absolute atomic E-state index is 12.1. The first-order chi connectivity index (χ1) is 9.79. The zero-order valence-corrected chi connectivity index (χ0v) is 14.0. The summed E-state index contributed by atoms with van der Waals surface area (Å²) in [5.74, 6) is -0.410. The average Bonchev–Trinajstić information content (AvgIpc) is 2.99. The highest BCUT2D eigenvalue weighted by Gasteiger charge is 2.34. The summed E-state index contributed by atoms with van der Waals surface area (Å²) in [7, 11) is -0.292. The number of nitrogens with zero attached hydrogens (tertiary/aromatic N) is 1. The Morgan fingerprint density at radius 2 is 2.14 bits per heavy atom. The smallest absolute Gasteiger partial charge is 0.261 e. The third kappa shape index (κ3) is 4.03. The lowest BCUT2D eigenvalue weighted by atomic mass is 10.1. The van der Waals surface area contributed by atoms with Gasteiger partial charge in [-0.2, -0.15) is 0 Å². The molecule has 21 heavy (non-hydrogen) atoms. The Morgan fingerprint density at radius 3 is 2.71 bits per heavy atom. The largest absolute Gasteiger partial charge is 0.379 e. The van der Waals surface area contributed by atoms with Crippen LogP contribution in [-0.4, -0.2) is 57.7 Å². The highest BCUT2D eigenvalue weighted by Crippen LogP contribution is 2.19. The summed E-state index contributed by atoms with van der Waals surface area (Å²) >= 11 is 1.42. The van der Waals surface area contributed by atoms with E-state index in [4.69, 9.17) is 4.74 Å². The van der Waals surface area contributed by atoms with Gasteiger partial charge >= 0.3 is 0 Å². The minimum absolute atomic E-state index is 0.0194. The molecule has 0 spiro atoms. The Kier molecular flexibility index (Phi) is 5.03. The van der Waals surface area contributed by atoms with E-state index in [2.05, 4.69) is 5.32 Å². The fraction of sp³-hybridized carbons (Fsp3) is 0.615. The molecule has 0 aliphatic carbocycles. The first-order valence-electron chi connectivity index (χ1n) is 6.65. The fourth-order valence-corrected chi connectivity index (χ4v) is 4.08. The van der Waals surface area contributed by atoms with E-state index in [9.17, 15) is 13.2 Å². The van der Waals surface area contributed by atoms with Crippen molar-refractivity contribution in [2.24, 2.45) is 5.92 Å². The lowest BCUT2D eigenvalue weighted by molar-refractivity contribution is 0.0930. The van der Waals surface area contributed by atoms with E-state index in [-0.39, 0.29) is 23.6 Å². The van der Waals surface area contributed by atoms with Gasteiger partial charge in [0.2, 0.25) is 10.0 Å². The minimum atomic E-state index is -3.31. The predicted molar refractivity (Wildman–Crippen MR) is 82.1 cm³/mol. The molecule has 0 bridgehead atoms. The van der Waals surface area contributed by atoms with Crippen LogP contribution in [0.2, 0.25) is 0 Å². The molecule has 118 valence electrons. The number of thiophene rings is 1. The van der Waals surface area contributed by atoms with Crippen LogP contribution < -0.4 is 5.32 Å². The highest BCUT2D eigenvalue weighted by molar-refractivity contribution is 7.89. The summed E-state index contributed by atoms with van der Waals surface area (Å²) in [6.07, 6.45) is 0. The van der Waals surface area contributed by atoms with Gasteiger partial charge in [0.1, 0.15) is 0 Å². The number of carbonyl (C=O) groups is 1. The summed E-state index contributed by atoms with van der Waals surface area (Å²) < 4.78 is 30.4.